The highest BCUT2D eigenvalue weighted by atomic mass is 35.5. The fourth-order valence-electron chi connectivity index (χ4n) is 3.20. The van der Waals surface area contributed by atoms with Crippen molar-refractivity contribution >= 4 is 40.6 Å². The van der Waals surface area contributed by atoms with Gasteiger partial charge in [-0.15, -0.1) is 0 Å². The van der Waals surface area contributed by atoms with Crippen LogP contribution in [-0.4, -0.2) is 34.5 Å². The number of carbonyl (C=O) groups is 1. The molecule has 1 heterocycles. The normalized spacial score (nSPS) is 17.0. The van der Waals surface area contributed by atoms with Crippen molar-refractivity contribution in [3.8, 4) is 5.75 Å². The van der Waals surface area contributed by atoms with Gasteiger partial charge in [-0.05, 0) is 81.9 Å². The summed E-state index contributed by atoms with van der Waals surface area (Å²) in [5.74, 6) is 0.757. The molecule has 1 aliphatic rings. The molecule has 1 atom stereocenters. The molecule has 6 nitrogen and oxygen atoms in total. The van der Waals surface area contributed by atoms with E-state index in [0.29, 0.717) is 16.7 Å². The zero-order valence-electron chi connectivity index (χ0n) is 17.6. The van der Waals surface area contributed by atoms with Crippen molar-refractivity contribution in [2.45, 2.75) is 52.7 Å². The molecule has 0 bridgehead atoms. The van der Waals surface area contributed by atoms with E-state index in [0.717, 1.165) is 17.0 Å². The minimum atomic E-state index is -0.493. The molecule has 0 radical (unpaired) electrons. The van der Waals surface area contributed by atoms with Gasteiger partial charge in [-0.3, -0.25) is 15.1 Å². The molecule has 8 heteroatoms. The quantitative estimate of drug-likeness (QED) is 0.602. The first-order valence-corrected chi connectivity index (χ1v) is 10.7. The second-order valence-corrected chi connectivity index (χ2v) is 8.46. The predicted molar refractivity (Wildman–Crippen MR) is 125 cm³/mol. The van der Waals surface area contributed by atoms with Crippen LogP contribution < -0.4 is 20.3 Å². The molecule has 1 aliphatic heterocycles. The highest BCUT2D eigenvalue weighted by Crippen LogP contribution is 2.25. The molecule has 0 spiro atoms. The van der Waals surface area contributed by atoms with Crippen molar-refractivity contribution in [3.63, 3.8) is 0 Å². The van der Waals surface area contributed by atoms with Crippen LogP contribution in [0, 0.1) is 0 Å². The standard InChI is InChI=1S/C22H27ClN4O2S/c1-14(2)26-21(30)25-20(24-13-16-5-7-17(23)8-6-16)27(22(26)28)18-9-11-19(12-10-18)29-15(3)4/h5-12,14-15,20,24H,13H2,1-4H3,(H,25,30). The van der Waals surface area contributed by atoms with Gasteiger partial charge in [-0.2, -0.15) is 0 Å². The maximum Gasteiger partial charge on any atom is 0.333 e. The number of thiocarbonyl (C=S) groups is 1. The van der Waals surface area contributed by atoms with Crippen LogP contribution >= 0.6 is 23.8 Å². The zero-order valence-corrected chi connectivity index (χ0v) is 19.1. The summed E-state index contributed by atoms with van der Waals surface area (Å²) >= 11 is 11.4. The largest absolute Gasteiger partial charge is 0.491 e. The Bertz CT molecular complexity index is 887. The molecular weight excluding hydrogens is 420 g/mol. The minimum absolute atomic E-state index is 0.0687. The Morgan fingerprint density at radius 1 is 1.10 bits per heavy atom. The number of carbonyl (C=O) groups excluding carboxylic acids is 1. The Morgan fingerprint density at radius 3 is 2.30 bits per heavy atom. The molecule has 2 aromatic rings. The molecule has 0 saturated carbocycles. The molecule has 2 aromatic carbocycles. The van der Waals surface area contributed by atoms with Gasteiger partial charge in [0.1, 0.15) is 5.75 Å². The van der Waals surface area contributed by atoms with E-state index in [1.807, 2.05) is 76.2 Å². The van der Waals surface area contributed by atoms with E-state index in [1.54, 1.807) is 9.80 Å². The first-order chi connectivity index (χ1) is 14.3. The molecule has 2 N–H and O–H groups in total. The lowest BCUT2D eigenvalue weighted by Crippen LogP contribution is -2.70. The first-order valence-electron chi connectivity index (χ1n) is 9.93. The smallest absolute Gasteiger partial charge is 0.333 e. The van der Waals surface area contributed by atoms with Gasteiger partial charge >= 0.3 is 6.03 Å². The van der Waals surface area contributed by atoms with Crippen LogP contribution in [0.2, 0.25) is 5.02 Å². The number of benzene rings is 2. The molecule has 1 fully saturated rings. The number of nitrogens with zero attached hydrogens (tertiary/aromatic N) is 2. The predicted octanol–water partition coefficient (Wildman–Crippen LogP) is 4.73. The van der Waals surface area contributed by atoms with E-state index in [4.69, 9.17) is 28.6 Å². The number of nitrogens with one attached hydrogen (secondary N) is 2. The Hall–Kier alpha value is -2.35. The second-order valence-electron chi connectivity index (χ2n) is 7.64. The number of hydrogen-bond acceptors (Lipinski definition) is 4. The van der Waals surface area contributed by atoms with E-state index >= 15 is 0 Å². The average Bonchev–Trinajstić information content (AvgIpc) is 2.67. The van der Waals surface area contributed by atoms with Gasteiger partial charge in [0.15, 0.2) is 11.4 Å². The van der Waals surface area contributed by atoms with Crippen LogP contribution in [0.4, 0.5) is 10.5 Å². The number of urea groups is 1. The van der Waals surface area contributed by atoms with Crippen LogP contribution in [0.3, 0.4) is 0 Å². The molecular formula is C22H27ClN4O2S. The van der Waals surface area contributed by atoms with Crippen molar-refractivity contribution in [1.29, 1.82) is 0 Å². The van der Waals surface area contributed by atoms with Gasteiger partial charge in [-0.1, -0.05) is 23.7 Å². The van der Waals surface area contributed by atoms with Crippen molar-refractivity contribution < 1.29 is 9.53 Å². The molecule has 1 saturated heterocycles. The van der Waals surface area contributed by atoms with E-state index in [1.165, 1.54) is 0 Å². The van der Waals surface area contributed by atoms with Crippen LogP contribution in [-0.2, 0) is 6.54 Å². The fourth-order valence-corrected chi connectivity index (χ4v) is 3.72. The molecule has 1 unspecified atom stereocenters. The second kappa shape index (κ2) is 9.64. The highest BCUT2D eigenvalue weighted by Gasteiger charge is 2.38. The Kier molecular flexibility index (Phi) is 7.18. The maximum atomic E-state index is 13.3. The topological polar surface area (TPSA) is 56.8 Å². The van der Waals surface area contributed by atoms with Gasteiger partial charge in [0.25, 0.3) is 0 Å². The van der Waals surface area contributed by atoms with E-state index in [-0.39, 0.29) is 18.2 Å². The number of halogens is 1. The van der Waals surface area contributed by atoms with Gasteiger partial charge in [0.2, 0.25) is 0 Å². The van der Waals surface area contributed by atoms with Crippen molar-refractivity contribution in [1.82, 2.24) is 15.5 Å². The third kappa shape index (κ3) is 5.22. The monoisotopic (exact) mass is 446 g/mol. The Labute approximate surface area is 188 Å². The van der Waals surface area contributed by atoms with Gasteiger partial charge in [0.05, 0.1) is 6.10 Å². The lowest BCUT2D eigenvalue weighted by atomic mass is 10.2. The third-order valence-corrected chi connectivity index (χ3v) is 5.13. The van der Waals surface area contributed by atoms with Crippen LogP contribution in [0.25, 0.3) is 0 Å². The van der Waals surface area contributed by atoms with E-state index in [2.05, 4.69) is 10.6 Å². The summed E-state index contributed by atoms with van der Waals surface area (Å²) < 4.78 is 5.72. The van der Waals surface area contributed by atoms with Crippen LogP contribution in [0.1, 0.15) is 33.3 Å². The molecule has 2 amide bonds. The molecule has 30 heavy (non-hydrogen) atoms. The van der Waals surface area contributed by atoms with Crippen molar-refractivity contribution in [3.05, 3.63) is 59.1 Å². The van der Waals surface area contributed by atoms with Crippen molar-refractivity contribution in [2.75, 3.05) is 4.90 Å². The zero-order chi connectivity index (χ0) is 21.8. The van der Waals surface area contributed by atoms with Crippen LogP contribution in [0.15, 0.2) is 48.5 Å². The Morgan fingerprint density at radius 2 is 1.73 bits per heavy atom. The summed E-state index contributed by atoms with van der Waals surface area (Å²) in [6.07, 6.45) is -0.413. The summed E-state index contributed by atoms with van der Waals surface area (Å²) in [4.78, 5) is 16.6. The van der Waals surface area contributed by atoms with E-state index in [9.17, 15) is 4.79 Å². The van der Waals surface area contributed by atoms with Crippen molar-refractivity contribution in [2.24, 2.45) is 0 Å². The fraction of sp³-hybridized carbons (Fsp3) is 0.364. The number of anilines is 1. The number of amides is 2. The number of rotatable bonds is 7. The Balaban J connectivity index is 1.85. The lowest BCUT2D eigenvalue weighted by Gasteiger charge is -2.44. The average molecular weight is 447 g/mol. The van der Waals surface area contributed by atoms with Gasteiger partial charge in [0, 0.05) is 23.3 Å². The van der Waals surface area contributed by atoms with E-state index < -0.39 is 6.29 Å². The SMILES string of the molecule is CC(C)Oc1ccc(N2C(=O)N(C(C)C)C(=S)NC2NCc2ccc(Cl)cc2)cc1. The lowest BCUT2D eigenvalue weighted by molar-refractivity contribution is 0.205. The highest BCUT2D eigenvalue weighted by molar-refractivity contribution is 7.80. The summed E-state index contributed by atoms with van der Waals surface area (Å²) in [7, 11) is 0. The summed E-state index contributed by atoms with van der Waals surface area (Å²) in [6, 6.07) is 14.8. The summed E-state index contributed by atoms with van der Waals surface area (Å²) in [5.41, 5.74) is 1.79. The summed E-state index contributed by atoms with van der Waals surface area (Å²) in [5, 5.41) is 7.71. The maximum absolute atomic E-state index is 13.3. The molecule has 0 aliphatic carbocycles. The molecule has 0 aromatic heterocycles. The van der Waals surface area contributed by atoms with Crippen LogP contribution in [0.5, 0.6) is 5.75 Å². The van der Waals surface area contributed by atoms with Gasteiger partial charge in [-0.25, -0.2) is 4.79 Å². The number of hydrogen-bond donors (Lipinski definition) is 2. The third-order valence-electron chi connectivity index (χ3n) is 4.57. The number of ether oxygens (including phenoxy) is 1. The molecule has 160 valence electrons. The molecule has 3 rings (SSSR count). The minimum Gasteiger partial charge on any atom is -0.491 e. The van der Waals surface area contributed by atoms with Gasteiger partial charge < -0.3 is 10.1 Å². The first kappa shape index (κ1) is 22.3. The summed E-state index contributed by atoms with van der Waals surface area (Å²) in [6.45, 7) is 8.36.